The zero-order chi connectivity index (χ0) is 13.5. The lowest BCUT2D eigenvalue weighted by Gasteiger charge is -2.17. The van der Waals surface area contributed by atoms with Crippen molar-refractivity contribution in [2.24, 2.45) is 0 Å². The average Bonchev–Trinajstić information content (AvgIpc) is 2.96. The Balaban J connectivity index is 1.96. The first kappa shape index (κ1) is 12.4. The second kappa shape index (κ2) is 4.51. The van der Waals surface area contributed by atoms with Crippen LogP contribution in [0, 0.1) is 0 Å². The van der Waals surface area contributed by atoms with Crippen molar-refractivity contribution in [2.75, 3.05) is 12.3 Å². The molecule has 100 valence electrons. The smallest absolute Gasteiger partial charge is 0.258 e. The number of halogens is 1. The van der Waals surface area contributed by atoms with Gasteiger partial charge in [-0.25, -0.2) is 0 Å². The molecule has 1 atom stereocenters. The number of nitrogens with two attached hydrogens (primary N) is 1. The zero-order valence-electron chi connectivity index (χ0n) is 10.5. The average molecular weight is 280 g/mol. The third-order valence-electron chi connectivity index (χ3n) is 3.28. The highest BCUT2D eigenvalue weighted by Gasteiger charge is 2.36. The third kappa shape index (κ3) is 2.31. The summed E-state index contributed by atoms with van der Waals surface area (Å²) >= 11 is 5.97. The van der Waals surface area contributed by atoms with E-state index in [1.165, 1.54) is 0 Å². The van der Waals surface area contributed by atoms with Crippen molar-refractivity contribution in [3.8, 4) is 11.5 Å². The Morgan fingerprint density at radius 3 is 2.89 bits per heavy atom. The van der Waals surface area contributed by atoms with Crippen LogP contribution >= 0.6 is 11.6 Å². The van der Waals surface area contributed by atoms with Gasteiger partial charge in [-0.05, 0) is 38.0 Å². The first-order chi connectivity index (χ1) is 9.07. The number of rotatable bonds is 2. The molecule has 0 radical (unpaired) electrons. The second-order valence-electron chi connectivity index (χ2n) is 4.88. The standard InChI is InChI=1S/C13H14ClN3O2/c1-13(3-2-4-18-13)12-16-11(19-17-12)8-5-9(14)7-10(15)6-8/h5-7H,2-4,15H2,1H3. The molecule has 5 nitrogen and oxygen atoms in total. The van der Waals surface area contributed by atoms with E-state index >= 15 is 0 Å². The summed E-state index contributed by atoms with van der Waals surface area (Å²) in [4.78, 5) is 4.40. The van der Waals surface area contributed by atoms with Crippen molar-refractivity contribution in [2.45, 2.75) is 25.4 Å². The molecular formula is C13H14ClN3O2. The predicted molar refractivity (Wildman–Crippen MR) is 71.7 cm³/mol. The van der Waals surface area contributed by atoms with Crippen molar-refractivity contribution in [1.29, 1.82) is 0 Å². The Hall–Kier alpha value is -1.59. The lowest BCUT2D eigenvalue weighted by molar-refractivity contribution is 0.00768. The summed E-state index contributed by atoms with van der Waals surface area (Å²) in [6.07, 6.45) is 1.90. The van der Waals surface area contributed by atoms with Gasteiger partial charge in [0.05, 0.1) is 0 Å². The SMILES string of the molecule is CC1(c2noc(-c3cc(N)cc(Cl)c3)n2)CCCO1. The summed E-state index contributed by atoms with van der Waals surface area (Å²) in [5.41, 5.74) is 6.57. The molecule has 0 bridgehead atoms. The number of nitrogens with zero attached hydrogens (tertiary/aromatic N) is 2. The van der Waals surface area contributed by atoms with Crippen LogP contribution in [0.15, 0.2) is 22.7 Å². The monoisotopic (exact) mass is 279 g/mol. The van der Waals surface area contributed by atoms with Gasteiger partial charge in [-0.2, -0.15) is 4.98 Å². The molecule has 2 aromatic rings. The van der Waals surface area contributed by atoms with Crippen LogP contribution in [0.1, 0.15) is 25.6 Å². The molecule has 6 heteroatoms. The topological polar surface area (TPSA) is 74.2 Å². The van der Waals surface area contributed by atoms with Gasteiger partial charge < -0.3 is 15.0 Å². The minimum Gasteiger partial charge on any atom is -0.399 e. The number of hydrogen-bond donors (Lipinski definition) is 1. The number of nitrogen functional groups attached to an aromatic ring is 1. The maximum atomic E-state index is 5.97. The summed E-state index contributed by atoms with van der Waals surface area (Å²) in [6, 6.07) is 5.16. The van der Waals surface area contributed by atoms with E-state index in [1.54, 1.807) is 18.2 Å². The quantitative estimate of drug-likeness (QED) is 0.856. The highest BCUT2D eigenvalue weighted by Crippen LogP contribution is 2.35. The van der Waals surface area contributed by atoms with Crippen LogP contribution in [-0.2, 0) is 10.3 Å². The Labute approximate surface area is 115 Å². The second-order valence-corrected chi connectivity index (χ2v) is 5.32. The fourth-order valence-electron chi connectivity index (χ4n) is 2.25. The zero-order valence-corrected chi connectivity index (χ0v) is 11.3. The number of benzene rings is 1. The van der Waals surface area contributed by atoms with Gasteiger partial charge in [0.25, 0.3) is 5.89 Å². The highest BCUT2D eigenvalue weighted by molar-refractivity contribution is 6.31. The summed E-state index contributed by atoms with van der Waals surface area (Å²) < 4.78 is 11.0. The molecule has 1 unspecified atom stereocenters. The molecule has 1 aliphatic rings. The predicted octanol–water partition coefficient (Wildman–Crippen LogP) is 3.00. The first-order valence-corrected chi connectivity index (χ1v) is 6.49. The Kier molecular flexibility index (Phi) is 2.95. The molecule has 0 spiro atoms. The molecule has 0 amide bonds. The van der Waals surface area contributed by atoms with Crippen LogP contribution in [0.5, 0.6) is 0 Å². The van der Waals surface area contributed by atoms with Crippen molar-refractivity contribution >= 4 is 17.3 Å². The molecule has 0 aliphatic carbocycles. The summed E-state index contributed by atoms with van der Waals surface area (Å²) in [7, 11) is 0. The molecule has 1 aromatic carbocycles. The van der Waals surface area contributed by atoms with E-state index < -0.39 is 5.60 Å². The first-order valence-electron chi connectivity index (χ1n) is 6.11. The normalized spacial score (nSPS) is 22.8. The Morgan fingerprint density at radius 2 is 2.21 bits per heavy atom. The number of hydrogen-bond acceptors (Lipinski definition) is 5. The van der Waals surface area contributed by atoms with Crippen molar-refractivity contribution < 1.29 is 9.26 Å². The molecule has 1 saturated heterocycles. The van der Waals surface area contributed by atoms with Crippen LogP contribution in [0.3, 0.4) is 0 Å². The summed E-state index contributed by atoms with van der Waals surface area (Å²) in [5, 5.41) is 4.55. The van der Waals surface area contributed by atoms with E-state index in [9.17, 15) is 0 Å². The van der Waals surface area contributed by atoms with Gasteiger partial charge >= 0.3 is 0 Å². The number of anilines is 1. The van der Waals surface area contributed by atoms with Gasteiger partial charge in [0.1, 0.15) is 5.60 Å². The van der Waals surface area contributed by atoms with Crippen LogP contribution in [0.2, 0.25) is 5.02 Å². The van der Waals surface area contributed by atoms with E-state index in [1.807, 2.05) is 6.92 Å². The van der Waals surface area contributed by atoms with E-state index in [0.717, 1.165) is 19.4 Å². The van der Waals surface area contributed by atoms with E-state index in [0.29, 0.717) is 28.0 Å². The van der Waals surface area contributed by atoms with Gasteiger partial charge in [-0.1, -0.05) is 16.8 Å². The lowest BCUT2D eigenvalue weighted by atomic mass is 10.0. The molecular weight excluding hydrogens is 266 g/mol. The van der Waals surface area contributed by atoms with E-state index in [4.69, 9.17) is 26.6 Å². The molecule has 3 rings (SSSR count). The molecule has 2 heterocycles. The largest absolute Gasteiger partial charge is 0.399 e. The minimum absolute atomic E-state index is 0.404. The van der Waals surface area contributed by atoms with Gasteiger partial charge in [0.2, 0.25) is 5.82 Å². The Bertz CT molecular complexity index is 585. The molecule has 1 aromatic heterocycles. The minimum atomic E-state index is -0.453. The fourth-order valence-corrected chi connectivity index (χ4v) is 2.49. The van der Waals surface area contributed by atoms with Gasteiger partial charge in [-0.3, -0.25) is 0 Å². The Morgan fingerprint density at radius 1 is 1.37 bits per heavy atom. The van der Waals surface area contributed by atoms with Gasteiger partial charge in [0.15, 0.2) is 0 Å². The van der Waals surface area contributed by atoms with E-state index in [-0.39, 0.29) is 0 Å². The molecule has 1 aliphatic heterocycles. The third-order valence-corrected chi connectivity index (χ3v) is 3.50. The van der Waals surface area contributed by atoms with Crippen LogP contribution in [0.25, 0.3) is 11.5 Å². The number of aromatic nitrogens is 2. The highest BCUT2D eigenvalue weighted by atomic mass is 35.5. The lowest BCUT2D eigenvalue weighted by Crippen LogP contribution is -2.21. The van der Waals surface area contributed by atoms with Crippen LogP contribution in [-0.4, -0.2) is 16.7 Å². The molecule has 0 saturated carbocycles. The van der Waals surface area contributed by atoms with Crippen molar-refractivity contribution in [3.63, 3.8) is 0 Å². The maximum absolute atomic E-state index is 5.97. The van der Waals surface area contributed by atoms with Gasteiger partial charge in [0, 0.05) is 22.9 Å². The van der Waals surface area contributed by atoms with Crippen LogP contribution < -0.4 is 5.73 Å². The molecule has 1 fully saturated rings. The maximum Gasteiger partial charge on any atom is 0.258 e. The summed E-state index contributed by atoms with van der Waals surface area (Å²) in [6.45, 7) is 2.70. The van der Waals surface area contributed by atoms with Crippen molar-refractivity contribution in [1.82, 2.24) is 10.1 Å². The summed E-state index contributed by atoms with van der Waals surface area (Å²) in [5.74, 6) is 0.972. The molecule has 19 heavy (non-hydrogen) atoms. The number of ether oxygens (including phenoxy) is 1. The fraction of sp³-hybridized carbons (Fsp3) is 0.385. The van der Waals surface area contributed by atoms with Crippen molar-refractivity contribution in [3.05, 3.63) is 29.0 Å². The van der Waals surface area contributed by atoms with Crippen LogP contribution in [0.4, 0.5) is 5.69 Å². The van der Waals surface area contributed by atoms with Gasteiger partial charge in [-0.15, -0.1) is 0 Å². The molecule has 2 N–H and O–H groups in total. The van der Waals surface area contributed by atoms with E-state index in [2.05, 4.69) is 10.1 Å².